The van der Waals surface area contributed by atoms with E-state index in [4.69, 9.17) is 9.11 Å². The van der Waals surface area contributed by atoms with Gasteiger partial charge in [0.25, 0.3) is 0 Å². The Morgan fingerprint density at radius 2 is 1.10 bits per heavy atom. The Hall–Kier alpha value is 1.21. The zero-order valence-corrected chi connectivity index (χ0v) is 11.2. The third-order valence-electron chi connectivity index (χ3n) is 0.172. The van der Waals surface area contributed by atoms with E-state index < -0.39 is 29.8 Å². The predicted molar refractivity (Wildman–Crippen MR) is 28.9 cm³/mol. The molecule has 10 heteroatoms. The van der Waals surface area contributed by atoms with Crippen molar-refractivity contribution in [2.45, 2.75) is 0 Å². The second-order valence-electron chi connectivity index (χ2n) is 0.924. The summed E-state index contributed by atoms with van der Waals surface area (Å²) in [6, 6.07) is 0. The summed E-state index contributed by atoms with van der Waals surface area (Å²) in [5.74, 6) is 0. The van der Waals surface area contributed by atoms with Crippen molar-refractivity contribution < 1.29 is 51.8 Å². The first kappa shape index (κ1) is 13.8. The Balaban J connectivity index is 0. The van der Waals surface area contributed by atoms with Gasteiger partial charge in [0, 0.05) is 25.8 Å². The normalized spacial score (nSPS) is 12.2. The molecular weight excluding hydrogens is 418 g/mol. The molecule has 0 unspecified atom stereocenters. The zero-order chi connectivity index (χ0) is 7.71. The van der Waals surface area contributed by atoms with Gasteiger partial charge in [0.15, 0.2) is 0 Å². The van der Waals surface area contributed by atoms with Crippen molar-refractivity contribution in [3.63, 3.8) is 0 Å². The first-order valence-electron chi connectivity index (χ1n) is 1.37. The molecule has 0 spiro atoms. The Morgan fingerprint density at radius 3 is 1.10 bits per heavy atom. The number of hydrogen-bond donors (Lipinski definition) is 2. The third-order valence-corrected chi connectivity index (χ3v) is 8.04. The van der Waals surface area contributed by atoms with Crippen LogP contribution in [0, 0.1) is 0 Å². The first-order valence-corrected chi connectivity index (χ1v) is 8.29. The molecule has 0 fully saturated rings. The molecule has 0 radical (unpaired) electrons. The molecule has 0 aromatic carbocycles. The Morgan fingerprint density at radius 1 is 0.900 bits per heavy atom. The molecule has 10 heavy (non-hydrogen) atoms. The fraction of sp³-hybridized carbons (Fsp3) is 0. The molecule has 0 heterocycles. The van der Waals surface area contributed by atoms with Crippen LogP contribution in [0.2, 0.25) is 0 Å². The average molecular weight is 420 g/mol. The summed E-state index contributed by atoms with van der Waals surface area (Å²) in [4.78, 5) is 0. The molecule has 0 aliphatic carbocycles. The molecule has 0 saturated heterocycles. The van der Waals surface area contributed by atoms with Crippen LogP contribution in [0.5, 0.6) is 0 Å². The van der Waals surface area contributed by atoms with E-state index in [1.165, 1.54) is 0 Å². The van der Waals surface area contributed by atoms with E-state index in [1.54, 1.807) is 0 Å². The molecule has 6 nitrogen and oxygen atoms in total. The van der Waals surface area contributed by atoms with Gasteiger partial charge in [-0.25, -0.2) is 0 Å². The van der Waals surface area contributed by atoms with Crippen molar-refractivity contribution >= 4 is 29.8 Å². The fourth-order valence-corrected chi connectivity index (χ4v) is 5.08. The van der Waals surface area contributed by atoms with Crippen LogP contribution in [-0.2, 0) is 42.9 Å². The maximum atomic E-state index is 9.69. The smallest absolute Gasteiger partial charge is 0 e. The summed E-state index contributed by atoms with van der Waals surface area (Å²) in [5, 5.41) is 0. The van der Waals surface area contributed by atoms with Gasteiger partial charge < -0.3 is 0 Å². The summed E-state index contributed by atoms with van der Waals surface area (Å²) in [6.07, 6.45) is 0. The molecule has 2 N–H and O–H groups in total. The van der Waals surface area contributed by atoms with Gasteiger partial charge in [-0.2, -0.15) is 0 Å². The topological polar surface area (TPSA) is 109 Å². The van der Waals surface area contributed by atoms with Gasteiger partial charge in [0.1, 0.15) is 0 Å². The largest absolute Gasteiger partial charge is 0 e. The van der Waals surface area contributed by atoms with E-state index >= 15 is 0 Å². The minimum atomic E-state index is -4.56. The Bertz CT molecular complexity index is 241. The Labute approximate surface area is 81.0 Å². The predicted octanol–water partition coefficient (Wildman–Crippen LogP) is -1.71. The second kappa shape index (κ2) is 4.29. The van der Waals surface area contributed by atoms with Crippen LogP contribution in [0.15, 0.2) is 0 Å². The summed E-state index contributed by atoms with van der Waals surface area (Å²) >= 11 is -2.19. The van der Waals surface area contributed by atoms with Crippen molar-refractivity contribution in [2.75, 3.05) is 0 Å². The van der Waals surface area contributed by atoms with Gasteiger partial charge >= 0.3 is 55.7 Å². The van der Waals surface area contributed by atoms with Gasteiger partial charge in [-0.3, -0.25) is 0 Å². The van der Waals surface area contributed by atoms with Crippen LogP contribution in [0.25, 0.3) is 0 Å². The van der Waals surface area contributed by atoms with Gasteiger partial charge in [0.2, 0.25) is 0 Å². The quantitative estimate of drug-likeness (QED) is 0.408. The van der Waals surface area contributed by atoms with Gasteiger partial charge in [-0.05, 0) is 0 Å². The van der Waals surface area contributed by atoms with Crippen molar-refractivity contribution in [3.8, 4) is 0 Å². The van der Waals surface area contributed by atoms with Crippen LogP contribution in [0.1, 0.15) is 0 Å². The summed E-state index contributed by atoms with van der Waals surface area (Å²) < 4.78 is 54.4. The third kappa shape index (κ3) is 11.9. The molecule has 0 aromatic heterocycles. The average Bonchev–Trinajstić information content (AvgIpc) is 1.14. The first-order chi connectivity index (χ1) is 3.71. The second-order valence-corrected chi connectivity index (χ2v) is 11.1. The monoisotopic (exact) mass is 422 g/mol. The maximum Gasteiger partial charge on any atom is 0 e. The van der Waals surface area contributed by atoms with E-state index in [1.807, 2.05) is 0 Å². The standard InChI is InChI=1S/Hf.H2O6S2Se/c;1-7(2,3)9-8(4,5)6/h;(H,1,2,3)(H,4,5,6). The minimum Gasteiger partial charge on any atom is 0 e. The summed E-state index contributed by atoms with van der Waals surface area (Å²) in [7, 11) is -9.11. The van der Waals surface area contributed by atoms with Crippen molar-refractivity contribution in [2.24, 2.45) is 0 Å². The fourth-order valence-electron chi connectivity index (χ4n) is 0.109. The summed E-state index contributed by atoms with van der Waals surface area (Å²) in [5.41, 5.74) is 0. The molecule has 0 aromatic rings. The molecule has 0 aliphatic heterocycles. The van der Waals surface area contributed by atoms with Crippen molar-refractivity contribution in [1.29, 1.82) is 0 Å². The molecule has 0 rings (SSSR count). The van der Waals surface area contributed by atoms with Crippen LogP contribution in [-0.4, -0.2) is 38.7 Å². The van der Waals surface area contributed by atoms with E-state index in [2.05, 4.69) is 0 Å². The SMILES string of the molecule is O=S(=O)(O)[Se]S(=O)(=O)O.[Hf]. The van der Waals surface area contributed by atoms with Gasteiger partial charge in [-0.15, -0.1) is 0 Å². The molecule has 0 saturated carbocycles. The van der Waals surface area contributed by atoms with Crippen molar-refractivity contribution in [3.05, 3.63) is 0 Å². The molecule has 0 amide bonds. The molecule has 60 valence electrons. The van der Waals surface area contributed by atoms with Crippen LogP contribution in [0.4, 0.5) is 0 Å². The summed E-state index contributed by atoms with van der Waals surface area (Å²) in [6.45, 7) is 0. The molecule has 0 atom stereocenters. The molecule has 0 bridgehead atoms. The molecular formula is H2HfO6S2Se. The van der Waals surface area contributed by atoms with Gasteiger partial charge in [-0.1, -0.05) is 0 Å². The van der Waals surface area contributed by atoms with Crippen molar-refractivity contribution in [1.82, 2.24) is 0 Å². The van der Waals surface area contributed by atoms with Gasteiger partial charge in [0.05, 0.1) is 0 Å². The van der Waals surface area contributed by atoms with Crippen LogP contribution in [0.3, 0.4) is 0 Å². The number of hydrogen-bond acceptors (Lipinski definition) is 4. The van der Waals surface area contributed by atoms with E-state index in [0.29, 0.717) is 0 Å². The Kier molecular flexibility index (Phi) is 5.91. The zero-order valence-electron chi connectivity index (χ0n) is 4.25. The van der Waals surface area contributed by atoms with E-state index in [-0.39, 0.29) is 25.8 Å². The van der Waals surface area contributed by atoms with E-state index in [9.17, 15) is 16.8 Å². The van der Waals surface area contributed by atoms with E-state index in [0.717, 1.165) is 0 Å². The van der Waals surface area contributed by atoms with Crippen LogP contribution >= 0.6 is 0 Å². The number of rotatable bonds is 2. The molecule has 0 aliphatic rings. The maximum absolute atomic E-state index is 9.69. The van der Waals surface area contributed by atoms with Crippen LogP contribution < -0.4 is 0 Å². The minimum absolute atomic E-state index is 0.